The van der Waals surface area contributed by atoms with Crippen LogP contribution in [0.5, 0.6) is 0 Å². The number of ether oxygens (including phenoxy) is 1. The Bertz CT molecular complexity index is 479. The number of aliphatic imine (C=N–C) groups is 1. The van der Waals surface area contributed by atoms with Crippen LogP contribution in [-0.4, -0.2) is 62.7 Å². The molecule has 1 saturated carbocycles. The van der Waals surface area contributed by atoms with E-state index in [9.17, 15) is 4.79 Å². The zero-order chi connectivity index (χ0) is 17.0. The van der Waals surface area contributed by atoms with Gasteiger partial charge in [-0.2, -0.15) is 0 Å². The van der Waals surface area contributed by atoms with Crippen molar-refractivity contribution in [1.82, 2.24) is 15.5 Å². The van der Waals surface area contributed by atoms with Crippen molar-refractivity contribution in [2.75, 3.05) is 33.8 Å². The molecule has 24 heavy (non-hydrogen) atoms. The minimum atomic E-state index is -0.0172. The van der Waals surface area contributed by atoms with Crippen LogP contribution in [0.1, 0.15) is 26.7 Å². The Balaban J connectivity index is 0.00000288. The third-order valence-corrected chi connectivity index (χ3v) is 4.91. The number of nitrogens with zero attached hydrogens (tertiary/aromatic N) is 2. The number of halogens is 1. The number of nitrogens with one attached hydrogen (secondary N) is 2. The van der Waals surface area contributed by atoms with E-state index < -0.39 is 0 Å². The van der Waals surface area contributed by atoms with Gasteiger partial charge in [-0.15, -0.1) is 30.6 Å². The number of guanidine groups is 1. The fraction of sp³-hybridized carbons (Fsp3) is 0.765. The maximum atomic E-state index is 11.8. The first kappa shape index (κ1) is 21.2. The van der Waals surface area contributed by atoms with Crippen molar-refractivity contribution in [1.29, 1.82) is 0 Å². The average molecular weight is 450 g/mol. The van der Waals surface area contributed by atoms with Crippen LogP contribution >= 0.6 is 24.0 Å². The summed E-state index contributed by atoms with van der Waals surface area (Å²) in [6, 6.07) is 0.304. The minimum Gasteiger partial charge on any atom is -0.377 e. The monoisotopic (exact) mass is 450 g/mol. The molecular formula is C17H31IN4O2. The molecular weight excluding hydrogens is 419 g/mol. The van der Waals surface area contributed by atoms with Gasteiger partial charge in [-0.05, 0) is 12.8 Å². The molecule has 0 aromatic heterocycles. The van der Waals surface area contributed by atoms with Crippen molar-refractivity contribution in [2.45, 2.75) is 38.8 Å². The largest absolute Gasteiger partial charge is 0.377 e. The molecule has 7 heteroatoms. The van der Waals surface area contributed by atoms with Gasteiger partial charge >= 0.3 is 0 Å². The Morgan fingerprint density at radius 2 is 2.17 bits per heavy atom. The van der Waals surface area contributed by atoms with Crippen molar-refractivity contribution in [3.63, 3.8) is 0 Å². The van der Waals surface area contributed by atoms with Gasteiger partial charge in [0, 0.05) is 44.6 Å². The van der Waals surface area contributed by atoms with Gasteiger partial charge in [0.2, 0.25) is 5.91 Å². The van der Waals surface area contributed by atoms with Crippen molar-refractivity contribution in [3.8, 4) is 0 Å². The van der Waals surface area contributed by atoms with Crippen molar-refractivity contribution in [2.24, 2.45) is 16.3 Å². The molecule has 0 spiro atoms. The number of likely N-dealkylation sites (N-methyl/N-ethyl adjacent to an activating group) is 1. The number of hydrogen-bond donors (Lipinski definition) is 2. The van der Waals surface area contributed by atoms with Gasteiger partial charge in [-0.25, -0.2) is 4.99 Å². The molecule has 1 amide bonds. The van der Waals surface area contributed by atoms with E-state index in [0.717, 1.165) is 13.0 Å². The number of carbonyl (C=O) groups excluding carboxylic acids is 1. The molecule has 0 radical (unpaired) electrons. The average Bonchev–Trinajstić information content (AvgIpc) is 2.53. The van der Waals surface area contributed by atoms with Crippen LogP contribution in [0.25, 0.3) is 0 Å². The van der Waals surface area contributed by atoms with Gasteiger partial charge in [0.1, 0.15) is 6.54 Å². The van der Waals surface area contributed by atoms with Crippen LogP contribution in [0.15, 0.2) is 17.6 Å². The lowest BCUT2D eigenvalue weighted by molar-refractivity contribution is -0.188. The van der Waals surface area contributed by atoms with Crippen molar-refractivity contribution in [3.05, 3.63) is 12.7 Å². The second kappa shape index (κ2) is 9.03. The summed E-state index contributed by atoms with van der Waals surface area (Å²) in [5.74, 6) is 1.16. The SMILES string of the molecule is C=CCNC(=NCC(=O)N(C)C)NC1C2CCCOC2C1(C)C.I. The normalized spacial score (nSPS) is 27.8. The van der Waals surface area contributed by atoms with Crippen molar-refractivity contribution >= 4 is 35.8 Å². The van der Waals surface area contributed by atoms with E-state index in [0.29, 0.717) is 30.6 Å². The molecule has 1 aliphatic heterocycles. The summed E-state index contributed by atoms with van der Waals surface area (Å²) >= 11 is 0. The summed E-state index contributed by atoms with van der Waals surface area (Å²) in [6.45, 7) is 9.79. The van der Waals surface area contributed by atoms with Crippen molar-refractivity contribution < 1.29 is 9.53 Å². The first-order valence-electron chi connectivity index (χ1n) is 8.35. The van der Waals surface area contributed by atoms with Gasteiger partial charge in [-0.1, -0.05) is 19.9 Å². The van der Waals surface area contributed by atoms with E-state index in [1.165, 1.54) is 6.42 Å². The molecule has 2 aliphatic rings. The standard InChI is InChI=1S/C17H30N4O2.HI/c1-6-9-18-16(19-11-13(22)21(4)5)20-14-12-8-7-10-23-15(12)17(14,2)3;/h6,12,14-15H,1,7-11H2,2-5H3,(H2,18,19,20);1H. The van der Waals surface area contributed by atoms with E-state index >= 15 is 0 Å². The first-order valence-corrected chi connectivity index (χ1v) is 8.35. The van der Waals surface area contributed by atoms with Gasteiger partial charge in [-0.3, -0.25) is 4.79 Å². The van der Waals surface area contributed by atoms with Gasteiger partial charge in [0.25, 0.3) is 0 Å². The van der Waals surface area contributed by atoms with E-state index in [1.54, 1.807) is 25.1 Å². The zero-order valence-electron chi connectivity index (χ0n) is 15.2. The number of fused-ring (bicyclic) bond motifs is 1. The number of hydrogen-bond acceptors (Lipinski definition) is 3. The van der Waals surface area contributed by atoms with Crippen LogP contribution in [0.2, 0.25) is 0 Å². The quantitative estimate of drug-likeness (QED) is 0.289. The topological polar surface area (TPSA) is 66.0 Å². The molecule has 1 aliphatic carbocycles. The summed E-state index contributed by atoms with van der Waals surface area (Å²) in [4.78, 5) is 17.7. The maximum Gasteiger partial charge on any atom is 0.243 e. The second-order valence-electron chi connectivity index (χ2n) is 7.16. The van der Waals surface area contributed by atoms with Crippen LogP contribution in [-0.2, 0) is 9.53 Å². The molecule has 6 nitrogen and oxygen atoms in total. The molecule has 0 aromatic rings. The fourth-order valence-electron chi connectivity index (χ4n) is 3.57. The van der Waals surface area contributed by atoms with Crippen LogP contribution in [0, 0.1) is 11.3 Å². The van der Waals surface area contributed by atoms with Crippen LogP contribution in [0.3, 0.4) is 0 Å². The fourth-order valence-corrected chi connectivity index (χ4v) is 3.57. The summed E-state index contributed by atoms with van der Waals surface area (Å²) in [6.07, 6.45) is 4.39. The third-order valence-electron chi connectivity index (χ3n) is 4.91. The molecule has 3 unspecified atom stereocenters. The zero-order valence-corrected chi connectivity index (χ0v) is 17.5. The predicted octanol–water partition coefficient (Wildman–Crippen LogP) is 1.62. The molecule has 1 saturated heterocycles. The van der Waals surface area contributed by atoms with Crippen LogP contribution < -0.4 is 10.6 Å². The number of rotatable bonds is 5. The molecule has 0 bridgehead atoms. The maximum absolute atomic E-state index is 11.8. The minimum absolute atomic E-state index is 0. The summed E-state index contributed by atoms with van der Waals surface area (Å²) in [5, 5.41) is 6.72. The Hall–Kier alpha value is -0.830. The highest BCUT2D eigenvalue weighted by Gasteiger charge is 2.58. The molecule has 2 rings (SSSR count). The van der Waals surface area contributed by atoms with Gasteiger partial charge < -0.3 is 20.3 Å². The molecule has 1 heterocycles. The molecule has 0 aromatic carbocycles. The predicted molar refractivity (Wildman–Crippen MR) is 108 cm³/mol. The van der Waals surface area contributed by atoms with Gasteiger partial charge in [0.05, 0.1) is 6.10 Å². The lowest BCUT2D eigenvalue weighted by Crippen LogP contribution is -2.71. The van der Waals surface area contributed by atoms with Gasteiger partial charge in [0.15, 0.2) is 5.96 Å². The van der Waals surface area contributed by atoms with E-state index in [2.05, 4.69) is 36.1 Å². The van der Waals surface area contributed by atoms with Crippen LogP contribution in [0.4, 0.5) is 0 Å². The summed E-state index contributed by atoms with van der Waals surface area (Å²) in [5.41, 5.74) is 0.0628. The lowest BCUT2D eigenvalue weighted by atomic mass is 9.55. The molecule has 2 N–H and O–H groups in total. The summed E-state index contributed by atoms with van der Waals surface area (Å²) in [7, 11) is 3.47. The van der Waals surface area contributed by atoms with E-state index in [-0.39, 0.29) is 41.8 Å². The first-order chi connectivity index (χ1) is 10.9. The molecule has 2 fully saturated rings. The Morgan fingerprint density at radius 3 is 2.79 bits per heavy atom. The molecule has 3 atom stereocenters. The number of carbonyl (C=O) groups is 1. The lowest BCUT2D eigenvalue weighted by Gasteiger charge is -2.60. The molecule has 138 valence electrons. The Labute approximate surface area is 162 Å². The number of amides is 1. The Kier molecular flexibility index (Phi) is 7.98. The Morgan fingerprint density at radius 1 is 1.46 bits per heavy atom. The highest BCUT2D eigenvalue weighted by atomic mass is 127. The summed E-state index contributed by atoms with van der Waals surface area (Å²) < 4.78 is 5.94. The highest BCUT2D eigenvalue weighted by molar-refractivity contribution is 14.0. The van der Waals surface area contributed by atoms with E-state index in [4.69, 9.17) is 4.74 Å². The highest BCUT2D eigenvalue weighted by Crippen LogP contribution is 2.51. The third kappa shape index (κ3) is 4.62. The van der Waals surface area contributed by atoms with E-state index in [1.807, 2.05) is 0 Å². The smallest absolute Gasteiger partial charge is 0.243 e. The second-order valence-corrected chi connectivity index (χ2v) is 7.16.